The molecule has 0 radical (unpaired) electrons. The summed E-state index contributed by atoms with van der Waals surface area (Å²) < 4.78 is 26.0. The van der Waals surface area contributed by atoms with E-state index in [0.717, 1.165) is 14.9 Å². The maximum atomic E-state index is 12.4. The molecule has 29 heavy (non-hydrogen) atoms. The summed E-state index contributed by atoms with van der Waals surface area (Å²) in [6.45, 7) is 1.72. The number of carbonyl (C=O) groups is 1. The highest BCUT2D eigenvalue weighted by Gasteiger charge is 2.20. The summed E-state index contributed by atoms with van der Waals surface area (Å²) in [6, 6.07) is 12.2. The highest BCUT2D eigenvalue weighted by Crippen LogP contribution is 2.26. The zero-order valence-corrected chi connectivity index (χ0v) is 18.5. The number of hydrogen-bond donors (Lipinski definition) is 1. The lowest BCUT2D eigenvalue weighted by Crippen LogP contribution is -2.23. The summed E-state index contributed by atoms with van der Waals surface area (Å²) in [5.41, 5.74) is 2.62. The third-order valence-corrected chi connectivity index (χ3v) is 7.36. The highest BCUT2D eigenvalue weighted by molar-refractivity contribution is 7.89. The first kappa shape index (κ1) is 21.4. The van der Waals surface area contributed by atoms with Crippen molar-refractivity contribution in [2.45, 2.75) is 18.2 Å². The van der Waals surface area contributed by atoms with Crippen molar-refractivity contribution >= 4 is 44.6 Å². The molecule has 0 bridgehead atoms. The van der Waals surface area contributed by atoms with Crippen LogP contribution in [0, 0.1) is 6.92 Å². The molecule has 1 amide bonds. The van der Waals surface area contributed by atoms with E-state index in [1.807, 2.05) is 17.5 Å². The van der Waals surface area contributed by atoms with Gasteiger partial charge in [-0.2, -0.15) is 0 Å². The van der Waals surface area contributed by atoms with Gasteiger partial charge in [-0.3, -0.25) is 4.79 Å². The lowest BCUT2D eigenvalue weighted by molar-refractivity contribution is -0.115. The summed E-state index contributed by atoms with van der Waals surface area (Å²) in [7, 11) is -0.648. The van der Waals surface area contributed by atoms with Crippen LogP contribution in [0.25, 0.3) is 10.6 Å². The van der Waals surface area contributed by atoms with Gasteiger partial charge in [0.2, 0.25) is 15.9 Å². The van der Waals surface area contributed by atoms with Crippen molar-refractivity contribution < 1.29 is 13.2 Å². The van der Waals surface area contributed by atoms with E-state index in [0.29, 0.717) is 22.0 Å². The number of anilines is 1. The van der Waals surface area contributed by atoms with E-state index in [2.05, 4.69) is 10.3 Å². The third kappa shape index (κ3) is 5.02. The lowest BCUT2D eigenvalue weighted by atomic mass is 10.2. The first-order valence-corrected chi connectivity index (χ1v) is 11.4. The van der Waals surface area contributed by atoms with Crippen molar-refractivity contribution in [2.75, 3.05) is 19.4 Å². The highest BCUT2D eigenvalue weighted by atomic mass is 35.5. The molecule has 3 aromatic rings. The molecule has 152 valence electrons. The molecule has 0 fully saturated rings. The molecule has 3 rings (SSSR count). The van der Waals surface area contributed by atoms with Gasteiger partial charge in [0.15, 0.2) is 0 Å². The normalized spacial score (nSPS) is 11.6. The predicted octanol–water partition coefficient (Wildman–Crippen LogP) is 4.20. The Morgan fingerprint density at radius 1 is 1.17 bits per heavy atom. The third-order valence-electron chi connectivity index (χ3n) is 4.22. The van der Waals surface area contributed by atoms with Gasteiger partial charge in [0.05, 0.1) is 17.0 Å². The van der Waals surface area contributed by atoms with Gasteiger partial charge in [-0.25, -0.2) is 17.7 Å². The lowest BCUT2D eigenvalue weighted by Gasteiger charge is -2.15. The number of rotatable bonds is 6. The number of thiazole rings is 1. The van der Waals surface area contributed by atoms with Crippen LogP contribution in [0.3, 0.4) is 0 Å². The topological polar surface area (TPSA) is 79.4 Å². The van der Waals surface area contributed by atoms with Crippen molar-refractivity contribution in [1.29, 1.82) is 0 Å². The van der Waals surface area contributed by atoms with Gasteiger partial charge in [0.25, 0.3) is 0 Å². The van der Waals surface area contributed by atoms with Gasteiger partial charge < -0.3 is 5.32 Å². The number of amides is 1. The Balaban J connectivity index is 1.73. The maximum Gasteiger partial charge on any atom is 0.242 e. The number of benzene rings is 2. The average Bonchev–Trinajstić information content (AvgIpc) is 3.12. The van der Waals surface area contributed by atoms with Crippen molar-refractivity contribution in [3.8, 4) is 10.6 Å². The van der Waals surface area contributed by atoms with Crippen LogP contribution in [0.5, 0.6) is 0 Å². The first-order valence-electron chi connectivity index (χ1n) is 8.70. The van der Waals surface area contributed by atoms with Gasteiger partial charge in [-0.1, -0.05) is 29.8 Å². The van der Waals surface area contributed by atoms with Crippen LogP contribution in [0.15, 0.2) is 52.7 Å². The van der Waals surface area contributed by atoms with E-state index in [1.54, 1.807) is 31.2 Å². The van der Waals surface area contributed by atoms with E-state index in [9.17, 15) is 13.2 Å². The summed E-state index contributed by atoms with van der Waals surface area (Å²) in [5, 5.41) is 6.04. The summed E-state index contributed by atoms with van der Waals surface area (Å²) in [5.74, 6) is -0.269. The molecule has 0 aliphatic carbocycles. The van der Waals surface area contributed by atoms with E-state index in [-0.39, 0.29) is 17.2 Å². The zero-order valence-electron chi connectivity index (χ0n) is 16.1. The number of hydrogen-bond acceptors (Lipinski definition) is 5. The second kappa shape index (κ2) is 8.62. The predicted molar refractivity (Wildman–Crippen MR) is 117 cm³/mol. The minimum Gasteiger partial charge on any atom is -0.326 e. The fourth-order valence-electron chi connectivity index (χ4n) is 2.64. The van der Waals surface area contributed by atoms with Crippen LogP contribution < -0.4 is 5.32 Å². The van der Waals surface area contributed by atoms with Gasteiger partial charge >= 0.3 is 0 Å². The Labute approximate surface area is 179 Å². The Bertz CT molecular complexity index is 1140. The van der Waals surface area contributed by atoms with E-state index in [1.165, 1.54) is 31.5 Å². The molecule has 0 unspecified atom stereocenters. The molecule has 0 spiro atoms. The Hall–Kier alpha value is -2.26. The second-order valence-electron chi connectivity index (χ2n) is 6.64. The van der Waals surface area contributed by atoms with Crippen molar-refractivity contribution in [3.05, 3.63) is 64.1 Å². The number of aromatic nitrogens is 1. The van der Waals surface area contributed by atoms with Crippen LogP contribution >= 0.6 is 22.9 Å². The molecule has 2 aromatic carbocycles. The molecule has 0 atom stereocenters. The molecule has 0 aliphatic heterocycles. The molecular formula is C20H20ClN3O3S2. The molecule has 0 aliphatic rings. The molecular weight excluding hydrogens is 430 g/mol. The largest absolute Gasteiger partial charge is 0.326 e. The van der Waals surface area contributed by atoms with Crippen LogP contribution in [0.1, 0.15) is 11.3 Å². The number of aryl methyl sites for hydroxylation is 1. The van der Waals surface area contributed by atoms with E-state index >= 15 is 0 Å². The molecule has 1 N–H and O–H groups in total. The molecule has 1 aromatic heterocycles. The fraction of sp³-hybridized carbons (Fsp3) is 0.200. The molecule has 6 nitrogen and oxygen atoms in total. The Morgan fingerprint density at radius 3 is 2.52 bits per heavy atom. The minimum absolute atomic E-state index is 0.0910. The van der Waals surface area contributed by atoms with Crippen LogP contribution in [0.2, 0.25) is 5.02 Å². The van der Waals surface area contributed by atoms with Crippen LogP contribution in [-0.2, 0) is 21.2 Å². The monoisotopic (exact) mass is 449 g/mol. The number of halogens is 1. The molecule has 0 saturated heterocycles. The molecule has 9 heteroatoms. The first-order chi connectivity index (χ1) is 13.7. The average molecular weight is 450 g/mol. The van der Waals surface area contributed by atoms with Gasteiger partial charge in [0, 0.05) is 35.7 Å². The van der Waals surface area contributed by atoms with E-state index < -0.39 is 10.0 Å². The number of carbonyl (C=O) groups excluding carboxylic acids is 1. The van der Waals surface area contributed by atoms with Crippen molar-refractivity contribution in [3.63, 3.8) is 0 Å². The maximum absolute atomic E-state index is 12.4. The standard InChI is InChI=1S/C20H20ClN3O3S2/c1-13-4-9-16(10-18(13)29(26,27)24(2)3)22-19(25)11-17-12-28-20(23-17)14-5-7-15(21)8-6-14/h4-10,12H,11H2,1-3H3,(H,22,25). The van der Waals surface area contributed by atoms with Crippen molar-refractivity contribution in [2.24, 2.45) is 0 Å². The van der Waals surface area contributed by atoms with Gasteiger partial charge in [0.1, 0.15) is 5.01 Å². The number of nitrogens with zero attached hydrogens (tertiary/aromatic N) is 2. The quantitative estimate of drug-likeness (QED) is 0.611. The number of nitrogens with one attached hydrogen (secondary N) is 1. The minimum atomic E-state index is -3.59. The zero-order chi connectivity index (χ0) is 21.2. The second-order valence-corrected chi connectivity index (χ2v) is 10.1. The smallest absolute Gasteiger partial charge is 0.242 e. The summed E-state index contributed by atoms with van der Waals surface area (Å²) >= 11 is 7.35. The summed E-state index contributed by atoms with van der Waals surface area (Å²) in [6.07, 6.45) is 0.0910. The van der Waals surface area contributed by atoms with E-state index in [4.69, 9.17) is 11.6 Å². The number of sulfonamides is 1. The van der Waals surface area contributed by atoms with Gasteiger partial charge in [-0.05, 0) is 36.8 Å². The fourth-order valence-corrected chi connectivity index (χ4v) is 4.73. The van der Waals surface area contributed by atoms with Gasteiger partial charge in [-0.15, -0.1) is 11.3 Å². The molecule has 1 heterocycles. The summed E-state index contributed by atoms with van der Waals surface area (Å²) in [4.78, 5) is 17.1. The molecule has 0 saturated carbocycles. The SMILES string of the molecule is Cc1ccc(NC(=O)Cc2csc(-c3ccc(Cl)cc3)n2)cc1S(=O)(=O)N(C)C. The van der Waals surface area contributed by atoms with Crippen LogP contribution in [0.4, 0.5) is 5.69 Å². The Kier molecular flexibility index (Phi) is 6.38. The van der Waals surface area contributed by atoms with Crippen LogP contribution in [-0.4, -0.2) is 37.7 Å². The van der Waals surface area contributed by atoms with Crippen molar-refractivity contribution in [1.82, 2.24) is 9.29 Å². The Morgan fingerprint density at radius 2 is 1.86 bits per heavy atom.